The predicted octanol–water partition coefficient (Wildman–Crippen LogP) is 5.48. The van der Waals surface area contributed by atoms with Crippen molar-refractivity contribution in [3.8, 4) is 0 Å². The number of alkyl halides is 1. The number of benzene rings is 2. The summed E-state index contributed by atoms with van der Waals surface area (Å²) >= 11 is 5.82. The second kappa shape index (κ2) is 11.0. The Balaban J connectivity index is 1.43. The van der Waals surface area contributed by atoms with E-state index in [4.69, 9.17) is 11.6 Å². The quantitative estimate of drug-likeness (QED) is 0.309. The third-order valence-electron chi connectivity index (χ3n) is 6.59. The second-order valence-electron chi connectivity index (χ2n) is 8.70. The highest BCUT2D eigenvalue weighted by Crippen LogP contribution is 2.26. The summed E-state index contributed by atoms with van der Waals surface area (Å²) in [6.07, 6.45) is 7.51. The SMILES string of the molecule is O=c1n(CCCCc2ccccc2)c2ccccc2n1C1CCN(CCCCCl)CC1. The summed E-state index contributed by atoms with van der Waals surface area (Å²) in [5.74, 6) is 0.747. The molecule has 0 aliphatic carbocycles. The van der Waals surface area contributed by atoms with Gasteiger partial charge in [0.1, 0.15) is 0 Å². The van der Waals surface area contributed by atoms with Gasteiger partial charge in [0.05, 0.1) is 11.0 Å². The van der Waals surface area contributed by atoms with Gasteiger partial charge in [-0.1, -0.05) is 42.5 Å². The molecule has 3 aromatic rings. The summed E-state index contributed by atoms with van der Waals surface area (Å²) in [7, 11) is 0. The minimum atomic E-state index is 0.168. The van der Waals surface area contributed by atoms with Crippen molar-refractivity contribution in [3.05, 3.63) is 70.6 Å². The number of halogens is 1. The first-order valence-electron chi connectivity index (χ1n) is 11.8. The van der Waals surface area contributed by atoms with E-state index in [2.05, 4.69) is 58.0 Å². The molecule has 1 aliphatic rings. The number of imidazole rings is 1. The van der Waals surface area contributed by atoms with Crippen LogP contribution in [0.15, 0.2) is 59.4 Å². The van der Waals surface area contributed by atoms with Gasteiger partial charge in [-0.3, -0.25) is 9.13 Å². The highest BCUT2D eigenvalue weighted by atomic mass is 35.5. The van der Waals surface area contributed by atoms with E-state index in [9.17, 15) is 4.79 Å². The molecule has 5 heteroatoms. The van der Waals surface area contributed by atoms with Gasteiger partial charge in [-0.2, -0.15) is 0 Å². The van der Waals surface area contributed by atoms with Gasteiger partial charge in [-0.15, -0.1) is 11.6 Å². The predicted molar refractivity (Wildman–Crippen MR) is 130 cm³/mol. The molecule has 0 unspecified atom stereocenters. The second-order valence-corrected chi connectivity index (χ2v) is 9.08. The molecule has 0 saturated carbocycles. The van der Waals surface area contributed by atoms with Crippen LogP contribution >= 0.6 is 11.6 Å². The third kappa shape index (κ3) is 5.42. The molecule has 31 heavy (non-hydrogen) atoms. The Labute approximate surface area is 190 Å². The van der Waals surface area contributed by atoms with Crippen LogP contribution in [0.2, 0.25) is 0 Å². The molecule has 4 rings (SSSR count). The maximum atomic E-state index is 13.4. The van der Waals surface area contributed by atoms with Crippen LogP contribution in [0.25, 0.3) is 11.0 Å². The van der Waals surface area contributed by atoms with Crippen molar-refractivity contribution in [1.29, 1.82) is 0 Å². The number of rotatable bonds is 10. The van der Waals surface area contributed by atoms with Gasteiger partial charge < -0.3 is 4.90 Å². The van der Waals surface area contributed by atoms with E-state index in [1.165, 1.54) is 5.56 Å². The van der Waals surface area contributed by atoms with Crippen LogP contribution < -0.4 is 5.69 Å². The van der Waals surface area contributed by atoms with Gasteiger partial charge >= 0.3 is 5.69 Å². The largest absolute Gasteiger partial charge is 0.329 e. The van der Waals surface area contributed by atoms with E-state index >= 15 is 0 Å². The molecule has 1 aromatic heterocycles. The molecule has 0 atom stereocenters. The Kier molecular flexibility index (Phi) is 7.87. The van der Waals surface area contributed by atoms with Gasteiger partial charge in [0, 0.05) is 31.6 Å². The number of aromatic nitrogens is 2. The first-order valence-corrected chi connectivity index (χ1v) is 12.3. The smallest absolute Gasteiger partial charge is 0.303 e. The Morgan fingerprint density at radius 1 is 0.806 bits per heavy atom. The topological polar surface area (TPSA) is 30.2 Å². The van der Waals surface area contributed by atoms with Crippen molar-refractivity contribution in [3.63, 3.8) is 0 Å². The normalized spacial score (nSPS) is 15.6. The maximum absolute atomic E-state index is 13.4. The molecule has 0 N–H and O–H groups in total. The molecule has 0 bridgehead atoms. The summed E-state index contributed by atoms with van der Waals surface area (Å²) in [5.41, 5.74) is 3.71. The number of hydrogen-bond donors (Lipinski definition) is 0. The van der Waals surface area contributed by atoms with Crippen molar-refractivity contribution in [2.45, 2.75) is 57.5 Å². The minimum absolute atomic E-state index is 0.168. The fraction of sp³-hybridized carbons (Fsp3) is 0.500. The Morgan fingerprint density at radius 2 is 1.48 bits per heavy atom. The van der Waals surface area contributed by atoms with Gasteiger partial charge in [0.15, 0.2) is 0 Å². The van der Waals surface area contributed by atoms with Crippen LogP contribution in [-0.2, 0) is 13.0 Å². The van der Waals surface area contributed by atoms with Crippen LogP contribution in [0.1, 0.15) is 50.1 Å². The van der Waals surface area contributed by atoms with E-state index in [1.54, 1.807) is 0 Å². The highest BCUT2D eigenvalue weighted by molar-refractivity contribution is 6.17. The number of likely N-dealkylation sites (tertiary alicyclic amines) is 1. The Hall–Kier alpha value is -2.04. The standard InChI is InChI=1S/C26H34ClN3O/c27-17-7-9-18-28-20-15-23(16-21-28)30-25-14-5-4-13-24(25)29(26(30)31)19-8-6-12-22-10-2-1-3-11-22/h1-5,10-11,13-14,23H,6-9,12,15-21H2. The summed E-state index contributed by atoms with van der Waals surface area (Å²) in [5, 5.41) is 0. The van der Waals surface area contributed by atoms with Crippen LogP contribution in [0.4, 0.5) is 0 Å². The number of para-hydroxylation sites is 2. The van der Waals surface area contributed by atoms with E-state index in [0.29, 0.717) is 6.04 Å². The van der Waals surface area contributed by atoms with Crippen LogP contribution in [0, 0.1) is 0 Å². The van der Waals surface area contributed by atoms with Gasteiger partial charge in [-0.25, -0.2) is 4.79 Å². The average molecular weight is 440 g/mol. The third-order valence-corrected chi connectivity index (χ3v) is 6.86. The van der Waals surface area contributed by atoms with Crippen molar-refractivity contribution in [2.24, 2.45) is 0 Å². The molecule has 166 valence electrons. The van der Waals surface area contributed by atoms with Crippen LogP contribution in [-0.4, -0.2) is 39.5 Å². The lowest BCUT2D eigenvalue weighted by Crippen LogP contribution is -2.38. The van der Waals surface area contributed by atoms with E-state index < -0.39 is 0 Å². The molecule has 0 radical (unpaired) electrons. The Bertz CT molecular complexity index is 1000. The Morgan fingerprint density at radius 3 is 2.23 bits per heavy atom. The lowest BCUT2D eigenvalue weighted by Gasteiger charge is -2.32. The molecule has 2 aromatic carbocycles. The first-order chi connectivity index (χ1) is 15.3. The van der Waals surface area contributed by atoms with Crippen LogP contribution in [0.3, 0.4) is 0 Å². The lowest BCUT2D eigenvalue weighted by atomic mass is 10.0. The zero-order valence-corrected chi connectivity index (χ0v) is 19.1. The molecule has 0 spiro atoms. The molecule has 1 fully saturated rings. The summed E-state index contributed by atoms with van der Waals surface area (Å²) in [6, 6.07) is 19.2. The summed E-state index contributed by atoms with van der Waals surface area (Å²) < 4.78 is 4.09. The van der Waals surface area contributed by atoms with Crippen molar-refractivity contribution < 1.29 is 0 Å². The van der Waals surface area contributed by atoms with Gasteiger partial charge in [0.2, 0.25) is 0 Å². The number of nitrogens with zero attached hydrogens (tertiary/aromatic N) is 3. The van der Waals surface area contributed by atoms with Crippen molar-refractivity contribution >= 4 is 22.6 Å². The van der Waals surface area contributed by atoms with Gasteiger partial charge in [-0.05, 0) is 69.2 Å². The number of aryl methyl sites for hydroxylation is 2. The first kappa shape index (κ1) is 22.2. The molecule has 4 nitrogen and oxygen atoms in total. The number of piperidine rings is 1. The van der Waals surface area contributed by atoms with Crippen molar-refractivity contribution in [1.82, 2.24) is 14.0 Å². The minimum Gasteiger partial charge on any atom is -0.303 e. The summed E-state index contributed by atoms with van der Waals surface area (Å²) in [4.78, 5) is 16.0. The van der Waals surface area contributed by atoms with E-state index in [1.807, 2.05) is 10.6 Å². The van der Waals surface area contributed by atoms with Crippen LogP contribution in [0.5, 0.6) is 0 Å². The summed E-state index contributed by atoms with van der Waals surface area (Å²) in [6.45, 7) is 4.04. The number of hydrogen-bond acceptors (Lipinski definition) is 2. The average Bonchev–Trinajstić information content (AvgIpc) is 3.09. The monoisotopic (exact) mass is 439 g/mol. The molecule has 1 aliphatic heterocycles. The number of unbranched alkanes of at least 4 members (excludes halogenated alkanes) is 2. The van der Waals surface area contributed by atoms with Gasteiger partial charge in [0.25, 0.3) is 0 Å². The van der Waals surface area contributed by atoms with E-state index in [0.717, 1.165) is 88.0 Å². The molecular formula is C26H34ClN3O. The zero-order chi connectivity index (χ0) is 21.5. The van der Waals surface area contributed by atoms with Crippen molar-refractivity contribution in [2.75, 3.05) is 25.5 Å². The molecule has 2 heterocycles. The molecular weight excluding hydrogens is 406 g/mol. The fourth-order valence-corrected chi connectivity index (χ4v) is 5.06. The number of fused-ring (bicyclic) bond motifs is 1. The fourth-order valence-electron chi connectivity index (χ4n) is 4.88. The lowest BCUT2D eigenvalue weighted by molar-refractivity contribution is 0.184. The maximum Gasteiger partial charge on any atom is 0.329 e. The zero-order valence-electron chi connectivity index (χ0n) is 18.4. The highest BCUT2D eigenvalue weighted by Gasteiger charge is 2.24. The molecule has 0 amide bonds. The molecule has 1 saturated heterocycles. The van der Waals surface area contributed by atoms with E-state index in [-0.39, 0.29) is 5.69 Å².